The fraction of sp³-hybridized carbons (Fsp3) is 0. The smallest absolute Gasteiger partial charge is 0.164 e. The second-order valence-corrected chi connectivity index (χ2v) is 17.1. The average Bonchev–Trinajstić information content (AvgIpc) is 3.97. The first-order valence-electron chi connectivity index (χ1n) is 22.2. The highest BCUT2D eigenvalue weighted by Crippen LogP contribution is 2.42. The van der Waals surface area contributed by atoms with Gasteiger partial charge in [0.05, 0.1) is 0 Å². The predicted octanol–water partition coefficient (Wildman–Crippen LogP) is 16.6. The summed E-state index contributed by atoms with van der Waals surface area (Å²) >= 11 is 0. The molecule has 0 radical (unpaired) electrons. The number of hydrogen-bond acceptors (Lipinski definition) is 5. The van der Waals surface area contributed by atoms with E-state index in [0.717, 1.165) is 82.8 Å². The Bertz CT molecular complexity index is 4260. The highest BCUT2D eigenvalue weighted by molar-refractivity contribution is 6.26. The molecule has 0 spiro atoms. The molecular weight excluding hydrogens is 807 g/mol. The maximum atomic E-state index is 6.66. The molecule has 0 fully saturated rings. The molecule has 5 nitrogen and oxygen atoms in total. The standard InChI is InChI=1S/C61H35N3O2/c1-2-13-37(14-3-1)59-62-60(41-16-10-15-38(32-41)39-24-28-49-47-20-7-6-18-45(47)46-19-8-9-21-48(46)51(49)33-39)64-61(63-59)42-25-29-50-56(35-42)66-54-23-11-22-44(57(50)54)40-27-30-53-52(34-40)58-43-17-5-4-12-36(43)26-31-55(58)65-53/h1-35H. The highest BCUT2D eigenvalue weighted by atomic mass is 16.3. The van der Waals surface area contributed by atoms with Gasteiger partial charge in [-0.2, -0.15) is 0 Å². The van der Waals surface area contributed by atoms with Crippen LogP contribution in [0.1, 0.15) is 0 Å². The van der Waals surface area contributed by atoms with E-state index < -0.39 is 0 Å². The Hall–Kier alpha value is -8.93. The number of fused-ring (bicyclic) bond motifs is 14. The molecule has 0 saturated heterocycles. The molecule has 306 valence electrons. The van der Waals surface area contributed by atoms with Crippen LogP contribution in [0.5, 0.6) is 0 Å². The third kappa shape index (κ3) is 5.70. The molecule has 3 heterocycles. The molecule has 0 bridgehead atoms. The molecule has 5 heteroatoms. The first kappa shape index (κ1) is 36.5. The fourth-order valence-electron chi connectivity index (χ4n) is 10.2. The van der Waals surface area contributed by atoms with Crippen LogP contribution in [0.2, 0.25) is 0 Å². The zero-order valence-electron chi connectivity index (χ0n) is 35.4. The minimum absolute atomic E-state index is 0.570. The fourth-order valence-corrected chi connectivity index (χ4v) is 10.2. The van der Waals surface area contributed by atoms with Crippen LogP contribution >= 0.6 is 0 Å². The van der Waals surface area contributed by atoms with Crippen molar-refractivity contribution < 1.29 is 8.83 Å². The van der Waals surface area contributed by atoms with Gasteiger partial charge in [-0.15, -0.1) is 0 Å². The normalized spacial score (nSPS) is 11.9. The summed E-state index contributed by atoms with van der Waals surface area (Å²) in [4.78, 5) is 15.4. The SMILES string of the molecule is c1ccc(-c2nc(-c3cccc(-c4ccc5c6ccccc6c6ccccc6c5c4)c3)nc(-c3ccc4c(c3)oc3cccc(-c5ccc6oc7ccc8ccccc8c7c6c5)c34)n2)cc1. The van der Waals surface area contributed by atoms with Crippen molar-refractivity contribution in [1.82, 2.24) is 15.0 Å². The number of benzene rings is 11. The van der Waals surface area contributed by atoms with Crippen molar-refractivity contribution in [2.75, 3.05) is 0 Å². The van der Waals surface area contributed by atoms with Crippen molar-refractivity contribution >= 4 is 87.0 Å². The second kappa shape index (κ2) is 14.3. The Labute approximate surface area is 377 Å². The molecule has 14 aromatic rings. The van der Waals surface area contributed by atoms with Crippen molar-refractivity contribution in [3.63, 3.8) is 0 Å². The van der Waals surface area contributed by atoms with Gasteiger partial charge in [-0.25, -0.2) is 15.0 Å². The third-order valence-electron chi connectivity index (χ3n) is 13.3. The highest BCUT2D eigenvalue weighted by Gasteiger charge is 2.19. The van der Waals surface area contributed by atoms with E-state index >= 15 is 0 Å². The van der Waals surface area contributed by atoms with E-state index in [1.54, 1.807) is 0 Å². The van der Waals surface area contributed by atoms with Crippen LogP contribution in [0.15, 0.2) is 221 Å². The van der Waals surface area contributed by atoms with Gasteiger partial charge in [0.1, 0.15) is 22.3 Å². The van der Waals surface area contributed by atoms with Gasteiger partial charge >= 0.3 is 0 Å². The van der Waals surface area contributed by atoms with Gasteiger partial charge in [0.2, 0.25) is 0 Å². The Kier molecular flexibility index (Phi) is 7.91. The van der Waals surface area contributed by atoms with Crippen LogP contribution in [0.4, 0.5) is 0 Å². The Morgan fingerprint density at radius 2 is 0.758 bits per heavy atom. The summed E-state index contributed by atoms with van der Waals surface area (Å²) in [5, 5.41) is 14.2. The minimum atomic E-state index is 0.570. The van der Waals surface area contributed by atoms with E-state index in [9.17, 15) is 0 Å². The minimum Gasteiger partial charge on any atom is -0.456 e. The zero-order chi connectivity index (χ0) is 43.3. The second-order valence-electron chi connectivity index (χ2n) is 17.1. The van der Waals surface area contributed by atoms with Crippen molar-refractivity contribution in [3.8, 4) is 56.4 Å². The van der Waals surface area contributed by atoms with Crippen LogP contribution in [0.25, 0.3) is 143 Å². The van der Waals surface area contributed by atoms with E-state index in [0.29, 0.717) is 17.5 Å². The molecule has 0 aliphatic heterocycles. The van der Waals surface area contributed by atoms with E-state index in [4.69, 9.17) is 23.8 Å². The number of furan rings is 2. The molecule has 14 rings (SSSR count). The molecule has 0 N–H and O–H groups in total. The molecule has 0 saturated carbocycles. The topological polar surface area (TPSA) is 65.0 Å². The van der Waals surface area contributed by atoms with Crippen LogP contribution in [0.3, 0.4) is 0 Å². The number of rotatable bonds is 5. The Morgan fingerprint density at radius 1 is 0.242 bits per heavy atom. The largest absolute Gasteiger partial charge is 0.456 e. The van der Waals surface area contributed by atoms with E-state index in [2.05, 4.69) is 176 Å². The summed E-state index contributed by atoms with van der Waals surface area (Å²) < 4.78 is 13.0. The maximum Gasteiger partial charge on any atom is 0.164 e. The lowest BCUT2D eigenvalue weighted by atomic mass is 9.92. The molecule has 66 heavy (non-hydrogen) atoms. The quantitative estimate of drug-likeness (QED) is 0.162. The molecule has 0 amide bonds. The van der Waals surface area contributed by atoms with Crippen LogP contribution in [-0.4, -0.2) is 15.0 Å². The van der Waals surface area contributed by atoms with Gasteiger partial charge in [0.25, 0.3) is 0 Å². The first-order chi connectivity index (χ1) is 32.7. The lowest BCUT2D eigenvalue weighted by molar-refractivity contribution is 0.669. The summed E-state index contributed by atoms with van der Waals surface area (Å²) in [6.45, 7) is 0. The van der Waals surface area contributed by atoms with Crippen molar-refractivity contribution in [2.24, 2.45) is 0 Å². The molecular formula is C61H35N3O2. The number of aromatic nitrogens is 3. The predicted molar refractivity (Wildman–Crippen MR) is 272 cm³/mol. The van der Waals surface area contributed by atoms with Crippen LogP contribution < -0.4 is 0 Å². The molecule has 0 aliphatic rings. The molecule has 3 aromatic heterocycles. The van der Waals surface area contributed by atoms with Gasteiger partial charge in [-0.05, 0) is 114 Å². The third-order valence-corrected chi connectivity index (χ3v) is 13.3. The lowest BCUT2D eigenvalue weighted by Gasteiger charge is -2.13. The van der Waals surface area contributed by atoms with Crippen LogP contribution in [0, 0.1) is 0 Å². The van der Waals surface area contributed by atoms with E-state index in [-0.39, 0.29) is 0 Å². The van der Waals surface area contributed by atoms with Gasteiger partial charge in [-0.1, -0.05) is 164 Å². The summed E-state index contributed by atoms with van der Waals surface area (Å²) in [7, 11) is 0. The first-order valence-corrected chi connectivity index (χ1v) is 22.2. The summed E-state index contributed by atoms with van der Waals surface area (Å²) in [6.07, 6.45) is 0. The Morgan fingerprint density at radius 3 is 1.55 bits per heavy atom. The van der Waals surface area contributed by atoms with Crippen molar-refractivity contribution in [3.05, 3.63) is 212 Å². The summed E-state index contributed by atoms with van der Waals surface area (Å²) in [5.41, 5.74) is 10.4. The monoisotopic (exact) mass is 841 g/mol. The Balaban J connectivity index is 0.886. The average molecular weight is 842 g/mol. The molecule has 0 aliphatic carbocycles. The number of nitrogens with zero attached hydrogens (tertiary/aromatic N) is 3. The zero-order valence-corrected chi connectivity index (χ0v) is 35.4. The lowest BCUT2D eigenvalue weighted by Crippen LogP contribution is -2.00. The van der Waals surface area contributed by atoms with Gasteiger partial charge in [-0.3, -0.25) is 0 Å². The van der Waals surface area contributed by atoms with Crippen molar-refractivity contribution in [1.29, 1.82) is 0 Å². The summed E-state index contributed by atoms with van der Waals surface area (Å²) in [6, 6.07) is 74.6. The summed E-state index contributed by atoms with van der Waals surface area (Å²) in [5.74, 6) is 1.77. The van der Waals surface area contributed by atoms with Gasteiger partial charge in [0, 0.05) is 38.2 Å². The van der Waals surface area contributed by atoms with E-state index in [1.165, 1.54) is 43.1 Å². The van der Waals surface area contributed by atoms with Gasteiger partial charge < -0.3 is 8.83 Å². The van der Waals surface area contributed by atoms with Gasteiger partial charge in [0.15, 0.2) is 17.5 Å². The molecule has 11 aromatic carbocycles. The number of hydrogen-bond donors (Lipinski definition) is 0. The van der Waals surface area contributed by atoms with E-state index in [1.807, 2.05) is 36.4 Å². The molecule has 0 unspecified atom stereocenters. The van der Waals surface area contributed by atoms with Crippen molar-refractivity contribution in [2.45, 2.75) is 0 Å². The maximum absolute atomic E-state index is 6.66. The molecule has 0 atom stereocenters. The van der Waals surface area contributed by atoms with Crippen LogP contribution in [-0.2, 0) is 0 Å².